The van der Waals surface area contributed by atoms with Crippen molar-refractivity contribution >= 4 is 16.8 Å². The number of aromatic amines is 1. The third-order valence-electron chi connectivity index (χ3n) is 5.45. The first-order chi connectivity index (χ1) is 16.5. The highest BCUT2D eigenvalue weighted by Crippen LogP contribution is 2.35. The number of aromatic nitrogens is 3. The Labute approximate surface area is 198 Å². The number of para-hydroxylation sites is 1. The van der Waals surface area contributed by atoms with Gasteiger partial charge in [-0.05, 0) is 44.0 Å². The highest BCUT2D eigenvalue weighted by Gasteiger charge is 2.24. The molecule has 0 aliphatic carbocycles. The van der Waals surface area contributed by atoms with Gasteiger partial charge in [0.15, 0.2) is 0 Å². The first-order valence-corrected chi connectivity index (χ1v) is 11.0. The summed E-state index contributed by atoms with van der Waals surface area (Å²) in [6, 6.07) is 11.5. The van der Waals surface area contributed by atoms with Gasteiger partial charge < -0.3 is 20.6 Å². The second-order valence-electron chi connectivity index (χ2n) is 8.29. The van der Waals surface area contributed by atoms with Gasteiger partial charge in [-0.2, -0.15) is 0 Å². The zero-order chi connectivity index (χ0) is 24.1. The fourth-order valence-corrected chi connectivity index (χ4v) is 3.92. The fraction of sp³-hybridized carbons (Fsp3) is 0.222. The van der Waals surface area contributed by atoms with Crippen molar-refractivity contribution in [2.45, 2.75) is 32.3 Å². The minimum absolute atomic E-state index is 0.143. The number of nitrogens with zero attached hydrogens (tertiary/aromatic N) is 2. The molecule has 2 aromatic carbocycles. The number of nitrogens with one attached hydrogen (secondary N) is 1. The largest absolute Gasteiger partial charge is 0.490 e. The summed E-state index contributed by atoms with van der Waals surface area (Å²) in [5, 5.41) is 11.5. The number of aliphatic hydroxyl groups excluding tert-OH is 1. The minimum Gasteiger partial charge on any atom is -0.490 e. The number of aliphatic hydroxyl groups is 1. The van der Waals surface area contributed by atoms with Crippen LogP contribution in [0, 0.1) is 11.8 Å². The molecule has 0 bridgehead atoms. The molecular weight excluding hydrogens is 428 g/mol. The number of rotatable bonds is 7. The van der Waals surface area contributed by atoms with E-state index in [1.54, 1.807) is 18.5 Å². The van der Waals surface area contributed by atoms with Crippen LogP contribution in [0.4, 0.5) is 0 Å². The van der Waals surface area contributed by atoms with E-state index in [1.807, 2.05) is 50.4 Å². The summed E-state index contributed by atoms with van der Waals surface area (Å²) in [6.07, 6.45) is 6.95. The monoisotopic (exact) mass is 454 g/mol. The van der Waals surface area contributed by atoms with Crippen molar-refractivity contribution in [1.82, 2.24) is 15.0 Å². The van der Waals surface area contributed by atoms with Crippen molar-refractivity contribution in [1.29, 1.82) is 0 Å². The molecule has 172 valence electrons. The van der Waals surface area contributed by atoms with E-state index in [-0.39, 0.29) is 24.2 Å². The van der Waals surface area contributed by atoms with Crippen molar-refractivity contribution < 1.29 is 14.6 Å². The molecule has 4 aromatic rings. The van der Waals surface area contributed by atoms with Gasteiger partial charge >= 0.3 is 0 Å². The molecule has 4 rings (SSSR count). The predicted octanol–water partition coefficient (Wildman–Crippen LogP) is 3.56. The maximum absolute atomic E-state index is 12.4. The minimum atomic E-state index is -0.618. The van der Waals surface area contributed by atoms with E-state index in [1.165, 1.54) is 6.33 Å². The molecule has 2 heterocycles. The number of fused-ring (bicyclic) bond motifs is 1. The van der Waals surface area contributed by atoms with Crippen LogP contribution < -0.4 is 10.5 Å². The second-order valence-corrected chi connectivity index (χ2v) is 8.29. The third-order valence-corrected chi connectivity index (χ3v) is 5.45. The lowest BCUT2D eigenvalue weighted by Crippen LogP contribution is -2.19. The lowest BCUT2D eigenvalue weighted by Gasteiger charge is -2.23. The van der Waals surface area contributed by atoms with Crippen LogP contribution in [0.5, 0.6) is 5.75 Å². The van der Waals surface area contributed by atoms with Crippen LogP contribution in [-0.2, 0) is 6.42 Å². The fourth-order valence-electron chi connectivity index (χ4n) is 3.92. The highest BCUT2D eigenvalue weighted by molar-refractivity contribution is 5.96. The summed E-state index contributed by atoms with van der Waals surface area (Å²) in [5.41, 5.74) is 9.96. The second kappa shape index (κ2) is 10.2. The van der Waals surface area contributed by atoms with Crippen LogP contribution >= 0.6 is 0 Å². The molecule has 7 heteroatoms. The first-order valence-electron chi connectivity index (χ1n) is 11.0. The van der Waals surface area contributed by atoms with Crippen molar-refractivity contribution in [3.05, 3.63) is 89.1 Å². The van der Waals surface area contributed by atoms with E-state index in [4.69, 9.17) is 10.5 Å². The van der Waals surface area contributed by atoms with E-state index < -0.39 is 5.91 Å². The summed E-state index contributed by atoms with van der Waals surface area (Å²) in [6.45, 7) is 3.62. The van der Waals surface area contributed by atoms with Gasteiger partial charge in [-0.25, -0.2) is 9.97 Å². The standard InChI is InChI=1S/C27H26N4O3/c1-17(2)34-26-23(21(15-32)11-20-14-31-25-6-4-3-5-22(20)25)9-18(10-24(26)27(28)33)7-8-19-12-29-16-30-13-19/h3-6,9-10,12-14,16-17,21,31-32H,11,15H2,1-2H3,(H2,28,33)/t21-/m0/s1. The number of primary amides is 1. The summed E-state index contributed by atoms with van der Waals surface area (Å²) < 4.78 is 6.06. The van der Waals surface area contributed by atoms with Crippen LogP contribution in [0.2, 0.25) is 0 Å². The first kappa shape index (κ1) is 23.0. The topological polar surface area (TPSA) is 114 Å². The summed E-state index contributed by atoms with van der Waals surface area (Å²) in [5.74, 6) is 5.50. The Kier molecular flexibility index (Phi) is 6.90. The van der Waals surface area contributed by atoms with Gasteiger partial charge in [-0.15, -0.1) is 0 Å². The quantitative estimate of drug-likeness (QED) is 0.370. The number of hydrogen-bond acceptors (Lipinski definition) is 5. The molecular formula is C27H26N4O3. The molecule has 1 atom stereocenters. The van der Waals surface area contributed by atoms with Crippen LogP contribution in [0.3, 0.4) is 0 Å². The van der Waals surface area contributed by atoms with Crippen molar-refractivity contribution in [2.75, 3.05) is 6.61 Å². The SMILES string of the molecule is CC(C)Oc1c(C(N)=O)cc(C#Cc2cncnc2)cc1[C@H](CO)Cc1c[nH]c2ccccc12. The summed E-state index contributed by atoms with van der Waals surface area (Å²) >= 11 is 0. The smallest absolute Gasteiger partial charge is 0.252 e. The maximum atomic E-state index is 12.4. The highest BCUT2D eigenvalue weighted by atomic mass is 16.5. The predicted molar refractivity (Wildman–Crippen MR) is 131 cm³/mol. The van der Waals surface area contributed by atoms with E-state index in [0.29, 0.717) is 28.9 Å². The number of H-pyrrole nitrogens is 1. The van der Waals surface area contributed by atoms with E-state index in [0.717, 1.165) is 16.5 Å². The number of ether oxygens (including phenoxy) is 1. The molecule has 0 radical (unpaired) electrons. The molecule has 2 aromatic heterocycles. The molecule has 1 amide bonds. The Morgan fingerprint density at radius 1 is 1.15 bits per heavy atom. The van der Waals surface area contributed by atoms with E-state index in [9.17, 15) is 9.90 Å². The third kappa shape index (κ3) is 5.08. The molecule has 7 nitrogen and oxygen atoms in total. The molecule has 0 aliphatic heterocycles. The van der Waals surface area contributed by atoms with Crippen molar-refractivity contribution in [2.24, 2.45) is 5.73 Å². The van der Waals surface area contributed by atoms with E-state index in [2.05, 4.69) is 26.8 Å². The normalized spacial score (nSPS) is 11.8. The van der Waals surface area contributed by atoms with Crippen LogP contribution in [0.15, 0.2) is 61.3 Å². The van der Waals surface area contributed by atoms with Crippen LogP contribution in [0.1, 0.15) is 52.4 Å². The van der Waals surface area contributed by atoms with E-state index >= 15 is 0 Å². The van der Waals surface area contributed by atoms with Crippen LogP contribution in [-0.4, -0.2) is 38.7 Å². The zero-order valence-electron chi connectivity index (χ0n) is 19.1. The Morgan fingerprint density at radius 3 is 2.59 bits per heavy atom. The molecule has 0 spiro atoms. The number of carbonyl (C=O) groups excluding carboxylic acids is 1. The molecule has 0 fully saturated rings. The Morgan fingerprint density at radius 2 is 1.88 bits per heavy atom. The Hall–Kier alpha value is -4.15. The van der Waals surface area contributed by atoms with Crippen molar-refractivity contribution in [3.8, 4) is 17.6 Å². The Balaban J connectivity index is 1.82. The lowest BCUT2D eigenvalue weighted by molar-refractivity contribution is 0.0994. The summed E-state index contributed by atoms with van der Waals surface area (Å²) in [7, 11) is 0. The van der Waals surface area contributed by atoms with Crippen molar-refractivity contribution in [3.63, 3.8) is 0 Å². The molecule has 0 unspecified atom stereocenters. The van der Waals surface area contributed by atoms with Gasteiger partial charge in [0.1, 0.15) is 12.1 Å². The molecule has 34 heavy (non-hydrogen) atoms. The number of nitrogens with two attached hydrogens (primary N) is 1. The average molecular weight is 455 g/mol. The van der Waals surface area contributed by atoms with Crippen LogP contribution in [0.25, 0.3) is 10.9 Å². The van der Waals surface area contributed by atoms with Gasteiger partial charge in [0.05, 0.1) is 23.8 Å². The summed E-state index contributed by atoms with van der Waals surface area (Å²) in [4.78, 5) is 23.6. The number of hydrogen-bond donors (Lipinski definition) is 3. The number of amides is 1. The van der Waals surface area contributed by atoms with Gasteiger partial charge in [-0.3, -0.25) is 4.79 Å². The van der Waals surface area contributed by atoms with Gasteiger partial charge in [-0.1, -0.05) is 30.0 Å². The molecule has 0 saturated heterocycles. The van der Waals surface area contributed by atoms with Gasteiger partial charge in [0, 0.05) is 46.5 Å². The molecule has 4 N–H and O–H groups in total. The maximum Gasteiger partial charge on any atom is 0.252 e. The lowest BCUT2D eigenvalue weighted by atomic mass is 9.88. The average Bonchev–Trinajstić information content (AvgIpc) is 3.24. The molecule has 0 saturated carbocycles. The van der Waals surface area contributed by atoms with Gasteiger partial charge in [0.2, 0.25) is 0 Å². The number of carbonyl (C=O) groups is 1. The zero-order valence-corrected chi connectivity index (χ0v) is 19.1. The number of benzene rings is 2. The van der Waals surface area contributed by atoms with Gasteiger partial charge in [0.25, 0.3) is 5.91 Å². The molecule has 0 aliphatic rings. The Bertz CT molecular complexity index is 1370.